The maximum Gasteiger partial charge on any atom is 0.406 e. The zero-order valence-electron chi connectivity index (χ0n) is 16.5. The second kappa shape index (κ2) is 6.44. The third kappa shape index (κ3) is 5.50. The molecule has 1 aromatic carbocycles. The Bertz CT molecular complexity index is 578. The molecule has 0 fully saturated rings. The molecule has 3 nitrogen and oxygen atoms in total. The molecule has 0 heterocycles. The van der Waals surface area contributed by atoms with Crippen LogP contribution in [0, 0.1) is 6.92 Å². The van der Waals surface area contributed by atoms with E-state index in [9.17, 15) is 4.79 Å². The Morgan fingerprint density at radius 3 is 1.96 bits per heavy atom. The van der Waals surface area contributed by atoms with Crippen LogP contribution >= 0.6 is 0 Å². The molecule has 0 N–H and O–H groups in total. The third-order valence-corrected chi connectivity index (χ3v) is 7.47. The normalized spacial score (nSPS) is 13.0. The smallest absolute Gasteiger partial charge is 0.406 e. The van der Waals surface area contributed by atoms with Crippen LogP contribution in [0.5, 0.6) is 0 Å². The molecular weight excluding hydrogens is 318 g/mol. The fourth-order valence-corrected chi connectivity index (χ4v) is 5.99. The molecule has 0 aliphatic heterocycles. The van der Waals surface area contributed by atoms with E-state index < -0.39 is 21.9 Å². The largest absolute Gasteiger partial charge is 0.444 e. The zero-order valence-corrected chi connectivity index (χ0v) is 18.5. The van der Waals surface area contributed by atoms with Gasteiger partial charge in [-0.05, 0) is 39.8 Å². The molecule has 0 aliphatic rings. The van der Waals surface area contributed by atoms with Gasteiger partial charge in [0.25, 0.3) is 0 Å². The molecule has 0 bridgehead atoms. The molecule has 0 unspecified atom stereocenters. The third-order valence-electron chi connectivity index (χ3n) is 3.53. The van der Waals surface area contributed by atoms with Gasteiger partial charge in [-0.1, -0.05) is 56.1 Å². The minimum atomic E-state index is -1.92. The molecule has 0 aliphatic carbocycles. The summed E-state index contributed by atoms with van der Waals surface area (Å²) < 4.78 is 7.57. The lowest BCUT2D eigenvalue weighted by atomic mass is 10.2. The van der Waals surface area contributed by atoms with E-state index in [1.54, 1.807) is 0 Å². The lowest BCUT2D eigenvalue weighted by molar-refractivity contribution is 0.0605. The van der Waals surface area contributed by atoms with Crippen molar-refractivity contribution in [1.82, 2.24) is 0 Å². The summed E-state index contributed by atoms with van der Waals surface area (Å²) in [6.45, 7) is 21.4. The van der Waals surface area contributed by atoms with E-state index in [0.717, 1.165) is 5.69 Å². The SMILES string of the molecule is Cc1ccc(N(C(=O)OC(C)(C)C)[Si](C)(C)C)cc1[Si](C)(C)C. The number of hydrogen-bond donors (Lipinski definition) is 0. The van der Waals surface area contributed by atoms with Crippen LogP contribution in [0.3, 0.4) is 0 Å². The van der Waals surface area contributed by atoms with Crippen LogP contribution < -0.4 is 9.75 Å². The van der Waals surface area contributed by atoms with Crippen LogP contribution in [0.4, 0.5) is 10.5 Å². The number of benzene rings is 1. The molecule has 0 atom stereocenters. The Balaban J connectivity index is 3.38. The Morgan fingerprint density at radius 2 is 1.57 bits per heavy atom. The highest BCUT2D eigenvalue weighted by atomic mass is 28.3. The highest BCUT2D eigenvalue weighted by Gasteiger charge is 2.34. The average Bonchev–Trinajstić information content (AvgIpc) is 2.25. The summed E-state index contributed by atoms with van der Waals surface area (Å²) in [5.41, 5.74) is 1.80. The second-order valence-corrected chi connectivity index (χ2v) is 19.1. The predicted octanol–water partition coefficient (Wildman–Crippen LogP) is 5.12. The molecule has 0 aromatic heterocycles. The number of anilines is 1. The van der Waals surface area contributed by atoms with E-state index in [0.29, 0.717) is 0 Å². The van der Waals surface area contributed by atoms with Crippen LogP contribution in [-0.4, -0.2) is 28.0 Å². The minimum absolute atomic E-state index is 0.234. The first kappa shape index (κ1) is 20.0. The lowest BCUT2D eigenvalue weighted by Gasteiger charge is -2.36. The molecule has 5 heteroatoms. The van der Waals surface area contributed by atoms with E-state index in [4.69, 9.17) is 4.74 Å². The fourth-order valence-electron chi connectivity index (χ4n) is 2.63. The van der Waals surface area contributed by atoms with Gasteiger partial charge in [0.1, 0.15) is 5.60 Å². The average molecular weight is 352 g/mol. The van der Waals surface area contributed by atoms with Gasteiger partial charge in [-0.25, -0.2) is 4.79 Å². The van der Waals surface area contributed by atoms with Gasteiger partial charge in [0, 0.05) is 5.69 Å². The Labute approximate surface area is 144 Å². The van der Waals surface area contributed by atoms with Crippen molar-refractivity contribution in [2.24, 2.45) is 0 Å². The maximum absolute atomic E-state index is 12.8. The van der Waals surface area contributed by atoms with Crippen molar-refractivity contribution in [3.8, 4) is 0 Å². The summed E-state index contributed by atoms with van der Waals surface area (Å²) in [7, 11) is -3.37. The van der Waals surface area contributed by atoms with Crippen LogP contribution in [0.2, 0.25) is 39.3 Å². The van der Waals surface area contributed by atoms with Gasteiger partial charge >= 0.3 is 6.09 Å². The molecule has 0 radical (unpaired) electrons. The van der Waals surface area contributed by atoms with Gasteiger partial charge in [-0.3, -0.25) is 0 Å². The first-order valence-corrected chi connectivity index (χ1v) is 15.2. The molecule has 130 valence electrons. The predicted molar refractivity (Wildman–Crippen MR) is 106 cm³/mol. The molecular formula is C18H33NO2Si2. The van der Waals surface area contributed by atoms with E-state index in [2.05, 4.69) is 64.4 Å². The van der Waals surface area contributed by atoms with Gasteiger partial charge in [0.2, 0.25) is 0 Å². The van der Waals surface area contributed by atoms with Crippen molar-refractivity contribution < 1.29 is 9.53 Å². The first-order valence-electron chi connectivity index (χ1n) is 8.27. The summed E-state index contributed by atoms with van der Waals surface area (Å²) in [6, 6.07) is 6.41. The van der Waals surface area contributed by atoms with Crippen molar-refractivity contribution in [2.75, 3.05) is 4.57 Å². The van der Waals surface area contributed by atoms with Crippen molar-refractivity contribution in [2.45, 2.75) is 72.6 Å². The number of aryl methyl sites for hydroxylation is 1. The van der Waals surface area contributed by atoms with Gasteiger partial charge in [0.05, 0.1) is 8.07 Å². The summed E-state index contributed by atoms with van der Waals surface area (Å²) in [5, 5.41) is 1.40. The van der Waals surface area contributed by atoms with Crippen molar-refractivity contribution in [3.05, 3.63) is 23.8 Å². The highest BCUT2D eigenvalue weighted by Crippen LogP contribution is 2.25. The summed E-state index contributed by atoms with van der Waals surface area (Å²) in [4.78, 5) is 12.8. The standard InChI is InChI=1S/C18H33NO2Si2/c1-14-11-12-15(13-16(14)22(5,6)7)19(23(8,9)10)17(20)21-18(2,3)4/h11-13H,1-10H3. The number of carbonyl (C=O) groups is 1. The van der Waals surface area contributed by atoms with E-state index >= 15 is 0 Å². The van der Waals surface area contributed by atoms with Crippen LogP contribution in [0.1, 0.15) is 26.3 Å². The van der Waals surface area contributed by atoms with Crippen molar-refractivity contribution >= 4 is 33.3 Å². The van der Waals surface area contributed by atoms with E-state index in [1.807, 2.05) is 25.3 Å². The van der Waals surface area contributed by atoms with Gasteiger partial charge in [0.15, 0.2) is 8.24 Å². The number of carbonyl (C=O) groups excluding carboxylic acids is 1. The monoisotopic (exact) mass is 351 g/mol. The lowest BCUT2D eigenvalue weighted by Crippen LogP contribution is -2.52. The topological polar surface area (TPSA) is 29.5 Å². The molecule has 0 spiro atoms. The number of nitrogens with zero attached hydrogens (tertiary/aromatic N) is 1. The summed E-state index contributed by atoms with van der Waals surface area (Å²) in [6.07, 6.45) is -0.234. The Kier molecular flexibility index (Phi) is 5.59. The molecule has 1 rings (SSSR count). The number of amides is 1. The highest BCUT2D eigenvalue weighted by molar-refractivity contribution is 6.89. The molecule has 0 saturated carbocycles. The molecule has 1 amide bonds. The van der Waals surface area contributed by atoms with Crippen LogP contribution in [-0.2, 0) is 4.74 Å². The summed E-state index contributed by atoms with van der Waals surface area (Å²) in [5.74, 6) is 0. The second-order valence-electron chi connectivity index (χ2n) is 9.24. The van der Waals surface area contributed by atoms with Gasteiger partial charge in [-0.15, -0.1) is 0 Å². The van der Waals surface area contributed by atoms with Crippen LogP contribution in [0.15, 0.2) is 18.2 Å². The maximum atomic E-state index is 12.8. The number of hydrogen-bond acceptors (Lipinski definition) is 2. The zero-order chi connectivity index (χ0) is 18.2. The minimum Gasteiger partial charge on any atom is -0.444 e. The van der Waals surface area contributed by atoms with Crippen LogP contribution in [0.25, 0.3) is 0 Å². The molecule has 1 aromatic rings. The first-order chi connectivity index (χ1) is 10.1. The van der Waals surface area contributed by atoms with Gasteiger partial charge in [-0.2, -0.15) is 0 Å². The Morgan fingerprint density at radius 1 is 1.04 bits per heavy atom. The van der Waals surface area contributed by atoms with E-state index in [-0.39, 0.29) is 6.09 Å². The summed E-state index contributed by atoms with van der Waals surface area (Å²) >= 11 is 0. The van der Waals surface area contributed by atoms with Crippen molar-refractivity contribution in [1.29, 1.82) is 0 Å². The van der Waals surface area contributed by atoms with Crippen molar-refractivity contribution in [3.63, 3.8) is 0 Å². The number of rotatable bonds is 3. The number of ether oxygens (including phenoxy) is 1. The van der Waals surface area contributed by atoms with Gasteiger partial charge < -0.3 is 9.30 Å². The van der Waals surface area contributed by atoms with E-state index in [1.165, 1.54) is 10.8 Å². The quantitative estimate of drug-likeness (QED) is 0.708. The Hall–Kier alpha value is -1.08. The molecule has 23 heavy (non-hydrogen) atoms. The fraction of sp³-hybridized carbons (Fsp3) is 0.611. The molecule has 0 saturated heterocycles.